The predicted octanol–water partition coefficient (Wildman–Crippen LogP) is 3.23. The number of hydrogen-bond acceptors (Lipinski definition) is 8. The van der Waals surface area contributed by atoms with Crippen LogP contribution >= 0.6 is 23.1 Å². The second-order valence-electron chi connectivity index (χ2n) is 9.05. The summed E-state index contributed by atoms with van der Waals surface area (Å²) in [4.78, 5) is 38.3. The fourth-order valence-electron chi connectivity index (χ4n) is 4.20. The molecule has 2 heterocycles. The van der Waals surface area contributed by atoms with Gasteiger partial charge in [-0.15, -0.1) is 21.5 Å². The third-order valence-corrected chi connectivity index (χ3v) is 8.59. The average molecular weight is 557 g/mol. The second kappa shape index (κ2) is 12.4. The number of ether oxygens (including phenoxy) is 1. The number of benzene rings is 1. The molecular formula is C26H32N6O4S2. The molecule has 38 heavy (non-hydrogen) atoms. The summed E-state index contributed by atoms with van der Waals surface area (Å²) in [7, 11) is 1.77. The molecule has 0 unspecified atom stereocenters. The Bertz CT molecular complexity index is 1320. The predicted molar refractivity (Wildman–Crippen MR) is 148 cm³/mol. The Kier molecular flexibility index (Phi) is 9.05. The number of rotatable bonds is 11. The van der Waals surface area contributed by atoms with Crippen molar-refractivity contribution in [3.8, 4) is 5.75 Å². The van der Waals surface area contributed by atoms with Crippen LogP contribution in [0.25, 0.3) is 0 Å². The van der Waals surface area contributed by atoms with Crippen LogP contribution in [0, 0.1) is 0 Å². The van der Waals surface area contributed by atoms with Crippen LogP contribution in [0.15, 0.2) is 29.4 Å². The average Bonchev–Trinajstić information content (AvgIpc) is 3.45. The minimum atomic E-state index is -0.679. The van der Waals surface area contributed by atoms with Crippen molar-refractivity contribution in [1.82, 2.24) is 20.1 Å². The first-order chi connectivity index (χ1) is 18.3. The van der Waals surface area contributed by atoms with Crippen LogP contribution in [0.1, 0.15) is 58.9 Å². The first-order valence-electron chi connectivity index (χ1n) is 12.5. The zero-order valence-corrected chi connectivity index (χ0v) is 23.3. The summed E-state index contributed by atoms with van der Waals surface area (Å²) < 4.78 is 7.46. The number of aryl methyl sites for hydroxylation is 2. The molecule has 0 spiro atoms. The van der Waals surface area contributed by atoms with E-state index in [1.54, 1.807) is 18.5 Å². The van der Waals surface area contributed by atoms with E-state index in [4.69, 9.17) is 10.5 Å². The number of thioether (sulfide) groups is 1. The van der Waals surface area contributed by atoms with Gasteiger partial charge in [0.15, 0.2) is 17.1 Å². The highest BCUT2D eigenvalue weighted by Gasteiger charge is 2.25. The van der Waals surface area contributed by atoms with Gasteiger partial charge >= 0.3 is 0 Å². The van der Waals surface area contributed by atoms with Gasteiger partial charge in [0, 0.05) is 11.9 Å². The third-order valence-electron chi connectivity index (χ3n) is 6.36. The highest BCUT2D eigenvalue weighted by Crippen LogP contribution is 2.38. The van der Waals surface area contributed by atoms with E-state index in [2.05, 4.69) is 27.8 Å². The summed E-state index contributed by atoms with van der Waals surface area (Å²) in [5.41, 5.74) is 8.23. The first kappa shape index (κ1) is 27.6. The van der Waals surface area contributed by atoms with Crippen LogP contribution in [0.2, 0.25) is 0 Å². The SMILES string of the molecule is CCc1ccc(O[C@H](C)C(=O)NCc2nnc(SCC(=O)Nc3sc4c(c3C(N)=O)CCCC4)n2C)cc1. The first-order valence-corrected chi connectivity index (χ1v) is 14.4. The maximum absolute atomic E-state index is 12.7. The molecule has 0 fully saturated rings. The highest BCUT2D eigenvalue weighted by molar-refractivity contribution is 7.99. The molecule has 3 amide bonds. The lowest BCUT2D eigenvalue weighted by atomic mass is 9.95. The van der Waals surface area contributed by atoms with Crippen LogP contribution in [-0.4, -0.2) is 44.3 Å². The standard InChI is InChI=1S/C26H32N6O4S2/c1-4-16-9-11-17(12-10-16)36-15(2)24(35)28-13-20-30-31-26(32(20)3)37-14-21(33)29-25-22(23(27)34)18-7-5-6-8-19(18)38-25/h9-12,15H,4-8,13-14H2,1-3H3,(H2,27,34)(H,28,35)(H,29,33)/t15-/m1/s1. The number of aromatic nitrogens is 3. The van der Waals surface area contributed by atoms with Crippen LogP contribution in [0.4, 0.5) is 5.00 Å². The van der Waals surface area contributed by atoms with Crippen molar-refractivity contribution in [2.45, 2.75) is 63.8 Å². The van der Waals surface area contributed by atoms with E-state index in [9.17, 15) is 14.4 Å². The summed E-state index contributed by atoms with van der Waals surface area (Å²) in [6, 6.07) is 7.66. The largest absolute Gasteiger partial charge is 0.481 e. The number of fused-ring (bicyclic) bond motifs is 1. The number of nitrogens with two attached hydrogens (primary N) is 1. The Hall–Kier alpha value is -3.38. The summed E-state index contributed by atoms with van der Waals surface area (Å²) in [6.45, 7) is 3.93. The van der Waals surface area contributed by atoms with Crippen molar-refractivity contribution in [3.63, 3.8) is 0 Å². The molecule has 202 valence electrons. The molecule has 1 aliphatic rings. The van der Waals surface area contributed by atoms with E-state index in [0.717, 1.165) is 42.5 Å². The number of carbonyl (C=O) groups is 3. The molecular weight excluding hydrogens is 524 g/mol. The Morgan fingerprint density at radius 2 is 1.92 bits per heavy atom. The Morgan fingerprint density at radius 3 is 2.63 bits per heavy atom. The highest BCUT2D eigenvalue weighted by atomic mass is 32.2. The molecule has 10 nitrogen and oxygen atoms in total. The lowest BCUT2D eigenvalue weighted by Crippen LogP contribution is -2.36. The number of carbonyl (C=O) groups excluding carboxylic acids is 3. The van der Waals surface area contributed by atoms with E-state index in [1.165, 1.54) is 28.7 Å². The Labute approximate surface area is 229 Å². The molecule has 12 heteroatoms. The van der Waals surface area contributed by atoms with Crippen LogP contribution in [0.3, 0.4) is 0 Å². The van der Waals surface area contributed by atoms with Crippen molar-refractivity contribution in [2.24, 2.45) is 12.8 Å². The number of anilines is 1. The van der Waals surface area contributed by atoms with Gasteiger partial charge in [-0.2, -0.15) is 0 Å². The van der Waals surface area contributed by atoms with Crippen molar-refractivity contribution in [3.05, 3.63) is 51.7 Å². The van der Waals surface area contributed by atoms with E-state index < -0.39 is 12.0 Å². The van der Waals surface area contributed by atoms with Gasteiger partial charge in [0.1, 0.15) is 10.8 Å². The van der Waals surface area contributed by atoms with Gasteiger partial charge in [-0.25, -0.2) is 0 Å². The molecule has 0 radical (unpaired) electrons. The zero-order valence-electron chi connectivity index (χ0n) is 21.7. The molecule has 1 aromatic carbocycles. The molecule has 0 saturated heterocycles. The van der Waals surface area contributed by atoms with Crippen LogP contribution in [0.5, 0.6) is 5.75 Å². The van der Waals surface area contributed by atoms with E-state index in [1.807, 2.05) is 24.3 Å². The van der Waals surface area contributed by atoms with Crippen LogP contribution < -0.4 is 21.1 Å². The van der Waals surface area contributed by atoms with Crippen molar-refractivity contribution in [2.75, 3.05) is 11.1 Å². The molecule has 0 saturated carbocycles. The third kappa shape index (κ3) is 6.54. The Balaban J connectivity index is 1.28. The monoisotopic (exact) mass is 556 g/mol. The number of amides is 3. The van der Waals surface area contributed by atoms with Gasteiger partial charge in [0.25, 0.3) is 11.8 Å². The fourth-order valence-corrected chi connectivity index (χ4v) is 6.24. The smallest absolute Gasteiger partial charge is 0.261 e. The van der Waals surface area contributed by atoms with Gasteiger partial charge in [-0.05, 0) is 62.3 Å². The number of primary amides is 1. The topological polar surface area (TPSA) is 141 Å². The number of hydrogen-bond donors (Lipinski definition) is 3. The molecule has 0 bridgehead atoms. The molecule has 4 rings (SSSR count). The maximum Gasteiger partial charge on any atom is 0.261 e. The van der Waals surface area contributed by atoms with Gasteiger partial charge in [0.05, 0.1) is 17.9 Å². The molecule has 4 N–H and O–H groups in total. The molecule has 2 aromatic heterocycles. The number of nitrogens with one attached hydrogen (secondary N) is 2. The zero-order chi connectivity index (χ0) is 27.2. The van der Waals surface area contributed by atoms with Crippen LogP contribution in [-0.2, 0) is 42.4 Å². The van der Waals surface area contributed by atoms with Crippen molar-refractivity contribution in [1.29, 1.82) is 0 Å². The van der Waals surface area contributed by atoms with Gasteiger partial charge in [-0.3, -0.25) is 14.4 Å². The van der Waals surface area contributed by atoms with Gasteiger partial charge in [-0.1, -0.05) is 30.8 Å². The number of thiophene rings is 1. The lowest BCUT2D eigenvalue weighted by molar-refractivity contribution is -0.127. The molecule has 1 atom stereocenters. The number of nitrogens with zero attached hydrogens (tertiary/aromatic N) is 3. The van der Waals surface area contributed by atoms with Gasteiger partial charge < -0.3 is 25.7 Å². The molecule has 0 aliphatic heterocycles. The maximum atomic E-state index is 12.7. The summed E-state index contributed by atoms with van der Waals surface area (Å²) >= 11 is 2.65. The quantitative estimate of drug-likeness (QED) is 0.308. The second-order valence-corrected chi connectivity index (χ2v) is 11.1. The van der Waals surface area contributed by atoms with E-state index >= 15 is 0 Å². The minimum absolute atomic E-state index is 0.0841. The normalized spacial score (nSPS) is 13.4. The summed E-state index contributed by atoms with van der Waals surface area (Å²) in [5, 5.41) is 15.0. The molecule has 1 aliphatic carbocycles. The van der Waals surface area contributed by atoms with Crippen molar-refractivity contribution < 1.29 is 19.1 Å². The van der Waals surface area contributed by atoms with Gasteiger partial charge in [0.2, 0.25) is 5.91 Å². The van der Waals surface area contributed by atoms with E-state index in [0.29, 0.717) is 27.3 Å². The summed E-state index contributed by atoms with van der Waals surface area (Å²) in [6.07, 6.45) is 4.06. The molecule has 3 aromatic rings. The lowest BCUT2D eigenvalue weighted by Gasteiger charge is -2.15. The summed E-state index contributed by atoms with van der Waals surface area (Å²) in [5.74, 6) is 0.216. The van der Waals surface area contributed by atoms with Crippen molar-refractivity contribution >= 4 is 45.8 Å². The fraction of sp³-hybridized carbons (Fsp3) is 0.423. The minimum Gasteiger partial charge on any atom is -0.481 e. The Morgan fingerprint density at radius 1 is 1.18 bits per heavy atom. The van der Waals surface area contributed by atoms with E-state index in [-0.39, 0.29) is 24.1 Å².